The molecule has 0 aliphatic carbocycles. The number of fused-ring (bicyclic) bond motifs is 1. The van der Waals surface area contributed by atoms with Gasteiger partial charge in [0.25, 0.3) is 11.2 Å². The molecule has 2 heterocycles. The van der Waals surface area contributed by atoms with Crippen LogP contribution in [0.1, 0.15) is 5.82 Å². The fourth-order valence-electron chi connectivity index (χ4n) is 2.07. The quantitative estimate of drug-likeness (QED) is 0.558. The summed E-state index contributed by atoms with van der Waals surface area (Å²) < 4.78 is 1.05. The average molecular weight is 345 g/mol. The highest BCUT2D eigenvalue weighted by Gasteiger charge is 2.12. The third-order valence-corrected chi connectivity index (χ3v) is 4.02. The number of hydrogen-bond donors (Lipinski definition) is 2. The second-order valence-electron chi connectivity index (χ2n) is 4.81. The number of amides is 2. The summed E-state index contributed by atoms with van der Waals surface area (Å²) in [4.78, 5) is 39.3. The molecule has 0 unspecified atom stereocenters. The van der Waals surface area contributed by atoms with E-state index in [4.69, 9.17) is 0 Å². The molecule has 3 rings (SSSR count). The van der Waals surface area contributed by atoms with Crippen LogP contribution in [0.15, 0.2) is 40.5 Å². The van der Waals surface area contributed by atoms with Gasteiger partial charge in [0.2, 0.25) is 0 Å². The van der Waals surface area contributed by atoms with Crippen molar-refractivity contribution in [1.82, 2.24) is 9.66 Å². The number of nitrogens with one attached hydrogen (secondary N) is 2. The summed E-state index contributed by atoms with van der Waals surface area (Å²) >= 11 is 1.34. The van der Waals surface area contributed by atoms with Crippen LogP contribution in [-0.2, 0) is 0 Å². The van der Waals surface area contributed by atoms with Gasteiger partial charge >= 0.3 is 6.03 Å². The molecule has 2 amide bonds. The zero-order valence-electron chi connectivity index (χ0n) is 12.3. The van der Waals surface area contributed by atoms with Gasteiger partial charge in [-0.3, -0.25) is 14.9 Å². The van der Waals surface area contributed by atoms with Crippen LogP contribution in [0, 0.1) is 17.0 Å². The molecule has 1 aromatic carbocycles. The van der Waals surface area contributed by atoms with Crippen molar-refractivity contribution in [2.24, 2.45) is 0 Å². The van der Waals surface area contributed by atoms with Crippen LogP contribution in [-0.4, -0.2) is 20.6 Å². The molecular weight excluding hydrogens is 334 g/mol. The van der Waals surface area contributed by atoms with Crippen LogP contribution < -0.4 is 16.3 Å². The molecule has 2 aromatic heterocycles. The molecule has 0 aliphatic heterocycles. The van der Waals surface area contributed by atoms with Crippen LogP contribution >= 0.6 is 11.3 Å². The molecule has 0 aliphatic rings. The van der Waals surface area contributed by atoms with Gasteiger partial charge in [0.15, 0.2) is 0 Å². The first-order valence-electron chi connectivity index (χ1n) is 6.75. The van der Waals surface area contributed by atoms with Crippen molar-refractivity contribution < 1.29 is 9.72 Å². The maximum Gasteiger partial charge on any atom is 0.338 e. The molecule has 0 bridgehead atoms. The van der Waals surface area contributed by atoms with E-state index in [2.05, 4.69) is 15.7 Å². The lowest BCUT2D eigenvalue weighted by atomic mass is 10.3. The van der Waals surface area contributed by atoms with Crippen LogP contribution in [0.2, 0.25) is 0 Å². The fraction of sp³-hybridized carbons (Fsp3) is 0.0714. The van der Waals surface area contributed by atoms with Crippen molar-refractivity contribution in [3.05, 3.63) is 62.0 Å². The Bertz CT molecular complexity index is 993. The van der Waals surface area contributed by atoms with E-state index in [1.807, 2.05) is 0 Å². The largest absolute Gasteiger partial charge is 0.338 e. The predicted octanol–water partition coefficient (Wildman–Crippen LogP) is 2.45. The molecule has 9 nitrogen and oxygen atoms in total. The van der Waals surface area contributed by atoms with E-state index in [0.29, 0.717) is 21.7 Å². The minimum atomic E-state index is -0.662. The molecule has 0 saturated carbocycles. The number of urea groups is 1. The minimum absolute atomic E-state index is 0.0832. The monoisotopic (exact) mass is 345 g/mol. The number of nitrogens with zero attached hydrogens (tertiary/aromatic N) is 3. The van der Waals surface area contributed by atoms with Gasteiger partial charge in [0.1, 0.15) is 10.7 Å². The minimum Gasteiger partial charge on any atom is -0.307 e. The molecule has 122 valence electrons. The van der Waals surface area contributed by atoms with E-state index < -0.39 is 11.0 Å². The van der Waals surface area contributed by atoms with Crippen molar-refractivity contribution in [2.45, 2.75) is 6.92 Å². The number of nitro groups is 1. The number of nitro benzene ring substituents is 1. The second-order valence-corrected chi connectivity index (χ2v) is 5.70. The predicted molar refractivity (Wildman–Crippen MR) is 90.1 cm³/mol. The van der Waals surface area contributed by atoms with Gasteiger partial charge in [-0.05, 0) is 30.5 Å². The second kappa shape index (κ2) is 6.08. The number of thiophene rings is 1. The van der Waals surface area contributed by atoms with Gasteiger partial charge in [-0.15, -0.1) is 11.3 Å². The van der Waals surface area contributed by atoms with Crippen molar-refractivity contribution >= 4 is 39.0 Å². The number of rotatable bonds is 3. The normalized spacial score (nSPS) is 10.5. The molecule has 3 aromatic rings. The van der Waals surface area contributed by atoms with E-state index >= 15 is 0 Å². The van der Waals surface area contributed by atoms with Crippen LogP contribution in [0.4, 0.5) is 16.2 Å². The molecule has 10 heteroatoms. The zero-order valence-corrected chi connectivity index (χ0v) is 13.2. The fourth-order valence-corrected chi connectivity index (χ4v) is 2.87. The Labute approximate surface area is 138 Å². The van der Waals surface area contributed by atoms with Gasteiger partial charge < -0.3 is 5.32 Å². The summed E-state index contributed by atoms with van der Waals surface area (Å²) in [5.74, 6) is 0.341. The van der Waals surface area contributed by atoms with E-state index in [1.165, 1.54) is 35.6 Å². The third-order valence-electron chi connectivity index (χ3n) is 3.21. The van der Waals surface area contributed by atoms with E-state index in [9.17, 15) is 19.7 Å². The Morgan fingerprint density at radius 1 is 1.29 bits per heavy atom. The number of carbonyl (C=O) groups is 1. The SMILES string of the molecule is Cc1nc2sccc2c(=O)n1NC(=O)Nc1ccc([N+](=O)[O-])cc1. The number of aromatic nitrogens is 2. The Morgan fingerprint density at radius 2 is 2.00 bits per heavy atom. The van der Waals surface area contributed by atoms with Gasteiger partial charge in [-0.1, -0.05) is 0 Å². The molecule has 24 heavy (non-hydrogen) atoms. The highest BCUT2D eigenvalue weighted by Crippen LogP contribution is 2.16. The van der Waals surface area contributed by atoms with E-state index in [-0.39, 0.29) is 11.2 Å². The highest BCUT2D eigenvalue weighted by atomic mass is 32.1. The first-order chi connectivity index (χ1) is 11.5. The first kappa shape index (κ1) is 15.6. The Hall–Kier alpha value is -3.27. The summed E-state index contributed by atoms with van der Waals surface area (Å²) in [5, 5.41) is 15.3. The van der Waals surface area contributed by atoms with Crippen molar-refractivity contribution in [3.63, 3.8) is 0 Å². The number of non-ortho nitro benzene ring substituents is 1. The lowest BCUT2D eigenvalue weighted by Crippen LogP contribution is -2.37. The van der Waals surface area contributed by atoms with Gasteiger partial charge in [0, 0.05) is 17.8 Å². The van der Waals surface area contributed by atoms with Crippen molar-refractivity contribution in [3.8, 4) is 0 Å². The number of hydrogen-bond acceptors (Lipinski definition) is 6. The molecule has 2 N–H and O–H groups in total. The topological polar surface area (TPSA) is 119 Å². The summed E-state index contributed by atoms with van der Waals surface area (Å²) in [7, 11) is 0. The molecule has 0 saturated heterocycles. The lowest BCUT2D eigenvalue weighted by Gasteiger charge is -2.11. The third kappa shape index (κ3) is 2.94. The maximum absolute atomic E-state index is 12.3. The first-order valence-corrected chi connectivity index (χ1v) is 7.63. The Morgan fingerprint density at radius 3 is 2.67 bits per heavy atom. The van der Waals surface area contributed by atoms with Crippen LogP contribution in [0.5, 0.6) is 0 Å². The number of anilines is 1. The average Bonchev–Trinajstić information content (AvgIpc) is 3.00. The van der Waals surface area contributed by atoms with Crippen molar-refractivity contribution in [2.75, 3.05) is 10.7 Å². The van der Waals surface area contributed by atoms with Crippen molar-refractivity contribution in [1.29, 1.82) is 0 Å². The smallest absolute Gasteiger partial charge is 0.307 e. The van der Waals surface area contributed by atoms with Crippen LogP contribution in [0.3, 0.4) is 0 Å². The number of benzene rings is 1. The van der Waals surface area contributed by atoms with Gasteiger partial charge in [-0.25, -0.2) is 19.9 Å². The molecule has 0 radical (unpaired) electrons. The molecule has 0 atom stereocenters. The Balaban J connectivity index is 1.80. The summed E-state index contributed by atoms with van der Waals surface area (Å²) in [5.41, 5.74) is 2.30. The Kier molecular flexibility index (Phi) is 3.96. The molecular formula is C14H11N5O4S. The lowest BCUT2D eigenvalue weighted by molar-refractivity contribution is -0.384. The summed E-state index contributed by atoms with van der Waals surface area (Å²) in [6.07, 6.45) is 0. The standard InChI is InChI=1S/C14H11N5O4S/c1-8-15-12-11(6-7-24-12)13(20)18(8)17-14(21)16-9-2-4-10(5-3-9)19(22)23/h2-7H,1H3,(H2,16,17,21). The van der Waals surface area contributed by atoms with Gasteiger partial charge in [-0.2, -0.15) is 0 Å². The molecule has 0 fully saturated rings. The maximum atomic E-state index is 12.3. The number of carbonyl (C=O) groups excluding carboxylic acids is 1. The zero-order chi connectivity index (χ0) is 17.3. The summed E-state index contributed by atoms with van der Waals surface area (Å²) in [6.45, 7) is 1.60. The summed E-state index contributed by atoms with van der Waals surface area (Å²) in [6, 6.07) is 6.31. The van der Waals surface area contributed by atoms with E-state index in [0.717, 1.165) is 4.68 Å². The van der Waals surface area contributed by atoms with Gasteiger partial charge in [0.05, 0.1) is 10.3 Å². The molecule has 0 spiro atoms. The number of aryl methyl sites for hydroxylation is 1. The van der Waals surface area contributed by atoms with Crippen LogP contribution in [0.25, 0.3) is 10.2 Å². The highest BCUT2D eigenvalue weighted by molar-refractivity contribution is 7.16. The van der Waals surface area contributed by atoms with E-state index in [1.54, 1.807) is 18.4 Å².